The highest BCUT2D eigenvalue weighted by molar-refractivity contribution is 5.85. The Balaban J connectivity index is 2.81. The van der Waals surface area contributed by atoms with E-state index in [-0.39, 0.29) is 0 Å². The Kier molecular flexibility index (Phi) is 1.79. The van der Waals surface area contributed by atoms with E-state index in [1.807, 2.05) is 12.1 Å². The van der Waals surface area contributed by atoms with Crippen molar-refractivity contribution in [3.63, 3.8) is 0 Å². The number of nitrogens with zero attached hydrogens (tertiary/aromatic N) is 3. The van der Waals surface area contributed by atoms with Crippen LogP contribution in [0.15, 0.2) is 18.3 Å². The first kappa shape index (κ1) is 7.88. The molecule has 2 aromatic rings. The fraction of sp³-hybridized carbons (Fsp3) is 0.125. The van der Waals surface area contributed by atoms with Crippen LogP contribution in [0.1, 0.15) is 5.82 Å². The Morgan fingerprint density at radius 3 is 3.00 bits per heavy atom. The van der Waals surface area contributed by atoms with Crippen LogP contribution in [0.25, 0.3) is 11.0 Å². The molecule has 0 fully saturated rings. The first-order valence-corrected chi connectivity index (χ1v) is 3.87. The summed E-state index contributed by atoms with van der Waals surface area (Å²) in [6.45, 7) is 1.80. The Labute approximate surface area is 75.0 Å². The molecule has 5 nitrogen and oxygen atoms in total. The maximum absolute atomic E-state index is 5.32. The number of aromatic nitrogens is 3. The summed E-state index contributed by atoms with van der Waals surface area (Å²) in [4.78, 5) is 12.4. The molecule has 0 radical (unpaired) electrons. The Hall–Kier alpha value is -1.75. The summed E-state index contributed by atoms with van der Waals surface area (Å²) in [6, 6.07) is 3.69. The number of nitrogen functional groups attached to an aromatic ring is 1. The molecule has 2 aromatic heterocycles. The maximum Gasteiger partial charge on any atom is 0.165 e. The predicted octanol–water partition coefficient (Wildman–Crippen LogP) is 0.619. The number of hydrazine groups is 1. The van der Waals surface area contributed by atoms with Crippen LogP contribution in [-0.4, -0.2) is 15.0 Å². The molecule has 0 spiro atoms. The molecule has 3 N–H and O–H groups in total. The number of hydrogen-bond acceptors (Lipinski definition) is 5. The largest absolute Gasteiger partial charge is 0.308 e. The predicted molar refractivity (Wildman–Crippen MR) is 49.9 cm³/mol. The van der Waals surface area contributed by atoms with Crippen molar-refractivity contribution in [1.82, 2.24) is 15.0 Å². The van der Waals surface area contributed by atoms with E-state index >= 15 is 0 Å². The summed E-state index contributed by atoms with van der Waals surface area (Å²) in [5.74, 6) is 6.58. The molecule has 0 aliphatic carbocycles. The average Bonchev–Trinajstić information content (AvgIpc) is 2.16. The van der Waals surface area contributed by atoms with Gasteiger partial charge in [-0.1, -0.05) is 0 Å². The first-order chi connectivity index (χ1) is 6.31. The van der Waals surface area contributed by atoms with E-state index in [0.717, 1.165) is 5.39 Å². The number of pyridine rings is 1. The van der Waals surface area contributed by atoms with Gasteiger partial charge in [-0.15, -0.1) is 0 Å². The number of nitrogens with one attached hydrogen (secondary N) is 1. The first-order valence-electron chi connectivity index (χ1n) is 3.87. The van der Waals surface area contributed by atoms with E-state index in [1.54, 1.807) is 13.1 Å². The van der Waals surface area contributed by atoms with Crippen molar-refractivity contribution in [3.8, 4) is 0 Å². The molecule has 0 amide bonds. The third-order valence-electron chi connectivity index (χ3n) is 1.72. The Morgan fingerprint density at radius 2 is 2.23 bits per heavy atom. The van der Waals surface area contributed by atoms with Gasteiger partial charge in [-0.2, -0.15) is 0 Å². The molecule has 0 atom stereocenters. The quantitative estimate of drug-likeness (QED) is 0.490. The third-order valence-corrected chi connectivity index (χ3v) is 1.72. The van der Waals surface area contributed by atoms with Gasteiger partial charge < -0.3 is 5.43 Å². The monoisotopic (exact) mass is 175 g/mol. The molecule has 0 saturated carbocycles. The van der Waals surface area contributed by atoms with E-state index in [0.29, 0.717) is 17.3 Å². The Bertz CT molecular complexity index is 439. The highest BCUT2D eigenvalue weighted by Crippen LogP contribution is 2.16. The number of rotatable bonds is 1. The van der Waals surface area contributed by atoms with Gasteiger partial charge in [0.05, 0.1) is 5.39 Å². The second-order valence-corrected chi connectivity index (χ2v) is 2.64. The molecule has 0 saturated heterocycles. The molecule has 2 heterocycles. The molecule has 13 heavy (non-hydrogen) atoms. The van der Waals surface area contributed by atoms with Crippen molar-refractivity contribution in [2.24, 2.45) is 5.84 Å². The third kappa shape index (κ3) is 1.29. The lowest BCUT2D eigenvalue weighted by molar-refractivity contribution is 1.06. The van der Waals surface area contributed by atoms with Crippen molar-refractivity contribution < 1.29 is 0 Å². The van der Waals surface area contributed by atoms with Gasteiger partial charge in [0.1, 0.15) is 5.82 Å². The zero-order valence-corrected chi connectivity index (χ0v) is 7.15. The fourth-order valence-corrected chi connectivity index (χ4v) is 1.18. The van der Waals surface area contributed by atoms with Crippen LogP contribution >= 0.6 is 0 Å². The summed E-state index contributed by atoms with van der Waals surface area (Å²) in [7, 11) is 0. The van der Waals surface area contributed by atoms with E-state index in [1.165, 1.54) is 0 Å². The van der Waals surface area contributed by atoms with Gasteiger partial charge in [-0.3, -0.25) is 0 Å². The van der Waals surface area contributed by atoms with Crippen LogP contribution in [0.5, 0.6) is 0 Å². The maximum atomic E-state index is 5.32. The minimum Gasteiger partial charge on any atom is -0.308 e. The fourth-order valence-electron chi connectivity index (χ4n) is 1.18. The molecule has 0 aliphatic heterocycles. The molecule has 2 rings (SSSR count). The molecule has 0 aliphatic rings. The van der Waals surface area contributed by atoms with E-state index < -0.39 is 0 Å². The second-order valence-electron chi connectivity index (χ2n) is 2.64. The van der Waals surface area contributed by atoms with Crippen molar-refractivity contribution in [1.29, 1.82) is 0 Å². The zero-order chi connectivity index (χ0) is 9.26. The molecular weight excluding hydrogens is 166 g/mol. The summed E-state index contributed by atoms with van der Waals surface area (Å²) < 4.78 is 0. The van der Waals surface area contributed by atoms with Gasteiger partial charge in [0.25, 0.3) is 0 Å². The Morgan fingerprint density at radius 1 is 1.38 bits per heavy atom. The molecule has 66 valence electrons. The van der Waals surface area contributed by atoms with Gasteiger partial charge in [0.2, 0.25) is 0 Å². The number of hydrogen-bond donors (Lipinski definition) is 2. The minimum absolute atomic E-state index is 0.607. The summed E-state index contributed by atoms with van der Waals surface area (Å²) in [5, 5.41) is 0.829. The smallest absolute Gasteiger partial charge is 0.165 e. The topological polar surface area (TPSA) is 76.7 Å². The van der Waals surface area contributed by atoms with Gasteiger partial charge in [-0.05, 0) is 19.1 Å². The molecule has 0 unspecified atom stereocenters. The van der Waals surface area contributed by atoms with Gasteiger partial charge in [-0.25, -0.2) is 20.8 Å². The number of aryl methyl sites for hydroxylation is 1. The molecular formula is C8H9N5. The van der Waals surface area contributed by atoms with Gasteiger partial charge in [0, 0.05) is 6.20 Å². The standard InChI is InChI=1S/C8H9N5/c1-5-11-7-6(3-2-4-10-7)8(12-5)13-9/h2-4H,9H2,1H3,(H,10,11,12,13). The molecule has 5 heteroatoms. The number of nitrogens with two attached hydrogens (primary N) is 1. The molecule has 0 bridgehead atoms. The summed E-state index contributed by atoms with van der Waals surface area (Å²) in [6.07, 6.45) is 1.69. The molecule has 0 aromatic carbocycles. The summed E-state index contributed by atoms with van der Waals surface area (Å²) >= 11 is 0. The lowest BCUT2D eigenvalue weighted by Gasteiger charge is -2.03. The minimum atomic E-state index is 0.607. The van der Waals surface area contributed by atoms with Crippen LogP contribution in [0, 0.1) is 6.92 Å². The van der Waals surface area contributed by atoms with Gasteiger partial charge in [0.15, 0.2) is 11.5 Å². The highest BCUT2D eigenvalue weighted by Gasteiger charge is 2.03. The van der Waals surface area contributed by atoms with E-state index in [4.69, 9.17) is 5.84 Å². The SMILES string of the molecule is Cc1nc(NN)c2cccnc2n1. The highest BCUT2D eigenvalue weighted by atomic mass is 15.3. The van der Waals surface area contributed by atoms with E-state index in [2.05, 4.69) is 20.4 Å². The number of anilines is 1. The lowest BCUT2D eigenvalue weighted by Crippen LogP contribution is -2.10. The van der Waals surface area contributed by atoms with Crippen LogP contribution in [-0.2, 0) is 0 Å². The zero-order valence-electron chi connectivity index (χ0n) is 7.15. The van der Waals surface area contributed by atoms with Crippen LogP contribution < -0.4 is 11.3 Å². The normalized spacial score (nSPS) is 10.3. The summed E-state index contributed by atoms with van der Waals surface area (Å²) in [5.41, 5.74) is 3.18. The number of fused-ring (bicyclic) bond motifs is 1. The van der Waals surface area contributed by atoms with Crippen LogP contribution in [0.4, 0.5) is 5.82 Å². The van der Waals surface area contributed by atoms with Crippen molar-refractivity contribution >= 4 is 16.9 Å². The van der Waals surface area contributed by atoms with Crippen molar-refractivity contribution in [3.05, 3.63) is 24.2 Å². The van der Waals surface area contributed by atoms with Gasteiger partial charge >= 0.3 is 0 Å². The van der Waals surface area contributed by atoms with Crippen molar-refractivity contribution in [2.45, 2.75) is 6.92 Å². The second kappa shape index (κ2) is 2.95. The lowest BCUT2D eigenvalue weighted by atomic mass is 10.3. The van der Waals surface area contributed by atoms with Crippen LogP contribution in [0.2, 0.25) is 0 Å². The van der Waals surface area contributed by atoms with Crippen LogP contribution in [0.3, 0.4) is 0 Å². The van der Waals surface area contributed by atoms with Crippen molar-refractivity contribution in [2.75, 3.05) is 5.43 Å². The van der Waals surface area contributed by atoms with E-state index in [9.17, 15) is 0 Å². The average molecular weight is 175 g/mol.